The maximum atomic E-state index is 12.2. The second-order valence-electron chi connectivity index (χ2n) is 5.47. The van der Waals surface area contributed by atoms with Crippen LogP contribution in [0.4, 0.5) is 0 Å². The second kappa shape index (κ2) is 6.50. The zero-order valence-corrected chi connectivity index (χ0v) is 14.0. The summed E-state index contributed by atoms with van der Waals surface area (Å²) in [6, 6.07) is 5.17. The van der Waals surface area contributed by atoms with E-state index in [0.717, 1.165) is 0 Å². The largest absolute Gasteiger partial charge is 0.463 e. The minimum atomic E-state index is -1.29. The standard InChI is InChI=1S/C16H16N4O3S/c1-10-4-5-12(23-10)16(2,22)9-20-14(21)11-8-19-15(24-11)13-17-6-3-7-18-13/h3-8,22H,9H2,1-2H3,(H,20,21). The number of hydrogen-bond acceptors (Lipinski definition) is 7. The lowest BCUT2D eigenvalue weighted by molar-refractivity contribution is 0.0324. The number of furan rings is 1. The van der Waals surface area contributed by atoms with E-state index in [1.807, 2.05) is 0 Å². The number of hydrogen-bond donors (Lipinski definition) is 2. The Hall–Kier alpha value is -2.58. The quantitative estimate of drug-likeness (QED) is 0.735. The Balaban J connectivity index is 1.66. The summed E-state index contributed by atoms with van der Waals surface area (Å²) < 4.78 is 5.42. The van der Waals surface area contributed by atoms with Gasteiger partial charge < -0.3 is 14.8 Å². The van der Waals surface area contributed by atoms with Gasteiger partial charge in [-0.15, -0.1) is 11.3 Å². The van der Waals surface area contributed by atoms with Crippen LogP contribution in [0.25, 0.3) is 10.8 Å². The van der Waals surface area contributed by atoms with Crippen molar-refractivity contribution in [1.29, 1.82) is 0 Å². The van der Waals surface area contributed by atoms with E-state index in [0.29, 0.717) is 27.2 Å². The van der Waals surface area contributed by atoms with Gasteiger partial charge in [0.25, 0.3) is 5.91 Å². The monoisotopic (exact) mass is 344 g/mol. The number of carbonyl (C=O) groups excluding carboxylic acids is 1. The molecule has 1 unspecified atom stereocenters. The predicted octanol–water partition coefficient (Wildman–Crippen LogP) is 2.14. The molecule has 0 aliphatic carbocycles. The van der Waals surface area contributed by atoms with Crippen molar-refractivity contribution in [3.63, 3.8) is 0 Å². The molecule has 2 N–H and O–H groups in total. The topological polar surface area (TPSA) is 101 Å². The molecule has 1 atom stereocenters. The minimum absolute atomic E-state index is 0.0217. The Morgan fingerprint density at radius 2 is 2.08 bits per heavy atom. The first-order chi connectivity index (χ1) is 11.5. The third-order valence-corrected chi connectivity index (χ3v) is 4.34. The van der Waals surface area contributed by atoms with Crippen LogP contribution in [-0.2, 0) is 5.60 Å². The van der Waals surface area contributed by atoms with Crippen LogP contribution in [0, 0.1) is 6.92 Å². The predicted molar refractivity (Wildman–Crippen MR) is 88.5 cm³/mol. The first kappa shape index (κ1) is 16.3. The summed E-state index contributed by atoms with van der Waals surface area (Å²) in [5.41, 5.74) is -1.29. The van der Waals surface area contributed by atoms with Gasteiger partial charge in [0.2, 0.25) is 0 Å². The smallest absolute Gasteiger partial charge is 0.263 e. The highest BCUT2D eigenvalue weighted by molar-refractivity contribution is 7.16. The van der Waals surface area contributed by atoms with Crippen LogP contribution < -0.4 is 5.32 Å². The molecule has 0 saturated heterocycles. The molecule has 0 aromatic carbocycles. The van der Waals surface area contributed by atoms with Crippen molar-refractivity contribution in [1.82, 2.24) is 20.3 Å². The fourth-order valence-corrected chi connectivity index (χ4v) is 2.82. The number of amides is 1. The molecule has 3 aromatic heterocycles. The van der Waals surface area contributed by atoms with E-state index in [1.54, 1.807) is 44.4 Å². The van der Waals surface area contributed by atoms with Crippen LogP contribution in [0.15, 0.2) is 41.2 Å². The van der Waals surface area contributed by atoms with Crippen molar-refractivity contribution < 1.29 is 14.3 Å². The van der Waals surface area contributed by atoms with Gasteiger partial charge in [0, 0.05) is 12.4 Å². The van der Waals surface area contributed by atoms with Gasteiger partial charge in [-0.2, -0.15) is 0 Å². The fraction of sp³-hybridized carbons (Fsp3) is 0.250. The summed E-state index contributed by atoms with van der Waals surface area (Å²) in [5.74, 6) is 1.26. The lowest BCUT2D eigenvalue weighted by Crippen LogP contribution is -2.38. The number of nitrogens with one attached hydrogen (secondary N) is 1. The second-order valence-corrected chi connectivity index (χ2v) is 6.50. The number of aryl methyl sites for hydroxylation is 1. The van der Waals surface area contributed by atoms with Crippen molar-refractivity contribution in [3.05, 3.63) is 53.2 Å². The first-order valence-corrected chi connectivity index (χ1v) is 8.08. The molecule has 124 valence electrons. The van der Waals surface area contributed by atoms with E-state index in [9.17, 15) is 9.90 Å². The van der Waals surface area contributed by atoms with Crippen molar-refractivity contribution in [2.75, 3.05) is 6.54 Å². The van der Waals surface area contributed by atoms with E-state index in [4.69, 9.17) is 4.42 Å². The van der Waals surface area contributed by atoms with Crippen molar-refractivity contribution in [2.45, 2.75) is 19.4 Å². The minimum Gasteiger partial charge on any atom is -0.463 e. The average molecular weight is 344 g/mol. The summed E-state index contributed by atoms with van der Waals surface area (Å²) >= 11 is 1.19. The van der Waals surface area contributed by atoms with E-state index < -0.39 is 5.60 Å². The van der Waals surface area contributed by atoms with Gasteiger partial charge in [0.1, 0.15) is 22.0 Å². The van der Waals surface area contributed by atoms with E-state index in [-0.39, 0.29) is 12.5 Å². The Kier molecular flexibility index (Phi) is 4.41. The molecule has 0 aliphatic heterocycles. The number of thiazole rings is 1. The van der Waals surface area contributed by atoms with Crippen molar-refractivity contribution in [3.8, 4) is 10.8 Å². The molecule has 0 radical (unpaired) electrons. The normalized spacial score (nSPS) is 13.5. The third-order valence-electron chi connectivity index (χ3n) is 3.35. The van der Waals surface area contributed by atoms with E-state index in [1.165, 1.54) is 17.5 Å². The molecular formula is C16H16N4O3S. The number of aliphatic hydroxyl groups is 1. The lowest BCUT2D eigenvalue weighted by Gasteiger charge is -2.20. The summed E-state index contributed by atoms with van der Waals surface area (Å²) in [7, 11) is 0. The third kappa shape index (κ3) is 3.50. The average Bonchev–Trinajstić information content (AvgIpc) is 3.23. The summed E-state index contributed by atoms with van der Waals surface area (Å²) in [6.45, 7) is 3.40. The Morgan fingerprint density at radius 1 is 1.33 bits per heavy atom. The van der Waals surface area contributed by atoms with Gasteiger partial charge in [-0.3, -0.25) is 4.79 Å². The molecule has 3 aromatic rings. The molecule has 7 nitrogen and oxygen atoms in total. The van der Waals surface area contributed by atoms with Crippen LogP contribution in [0.3, 0.4) is 0 Å². The van der Waals surface area contributed by atoms with E-state index >= 15 is 0 Å². The van der Waals surface area contributed by atoms with Gasteiger partial charge in [-0.1, -0.05) is 0 Å². The van der Waals surface area contributed by atoms with Gasteiger partial charge in [0.05, 0.1) is 12.7 Å². The molecule has 0 spiro atoms. The summed E-state index contributed by atoms with van der Waals surface area (Å²) in [5, 5.41) is 13.7. The maximum Gasteiger partial charge on any atom is 0.263 e. The molecule has 0 saturated carbocycles. The van der Waals surface area contributed by atoms with Gasteiger partial charge >= 0.3 is 0 Å². The Bertz CT molecular complexity index is 842. The molecular weight excluding hydrogens is 328 g/mol. The molecule has 3 rings (SSSR count). The fourth-order valence-electron chi connectivity index (χ4n) is 2.04. The highest BCUT2D eigenvalue weighted by Gasteiger charge is 2.28. The highest BCUT2D eigenvalue weighted by atomic mass is 32.1. The van der Waals surface area contributed by atoms with Gasteiger partial charge in [-0.05, 0) is 32.0 Å². The van der Waals surface area contributed by atoms with Crippen LogP contribution in [-0.4, -0.2) is 32.5 Å². The van der Waals surface area contributed by atoms with Crippen LogP contribution >= 0.6 is 11.3 Å². The Labute approximate surface area is 142 Å². The number of nitrogens with zero attached hydrogens (tertiary/aromatic N) is 3. The molecule has 0 aliphatic rings. The van der Waals surface area contributed by atoms with Gasteiger partial charge in [0.15, 0.2) is 10.8 Å². The van der Waals surface area contributed by atoms with Gasteiger partial charge in [-0.25, -0.2) is 15.0 Å². The Morgan fingerprint density at radius 3 is 2.75 bits per heavy atom. The molecule has 1 amide bonds. The summed E-state index contributed by atoms with van der Waals surface area (Å²) in [6.07, 6.45) is 4.70. The number of rotatable bonds is 5. The molecule has 3 heterocycles. The highest BCUT2D eigenvalue weighted by Crippen LogP contribution is 2.24. The number of carbonyl (C=O) groups is 1. The lowest BCUT2D eigenvalue weighted by atomic mass is 10.0. The van der Waals surface area contributed by atoms with Crippen LogP contribution in [0.5, 0.6) is 0 Å². The zero-order valence-electron chi connectivity index (χ0n) is 13.2. The molecule has 8 heteroatoms. The first-order valence-electron chi connectivity index (χ1n) is 7.26. The summed E-state index contributed by atoms with van der Waals surface area (Å²) in [4.78, 5) is 25.0. The molecule has 24 heavy (non-hydrogen) atoms. The SMILES string of the molecule is Cc1ccc(C(C)(O)CNC(=O)c2cnc(-c3ncccn3)s2)o1. The zero-order chi connectivity index (χ0) is 17.2. The van der Waals surface area contributed by atoms with Crippen molar-refractivity contribution >= 4 is 17.2 Å². The van der Waals surface area contributed by atoms with E-state index in [2.05, 4.69) is 20.3 Å². The molecule has 0 fully saturated rings. The maximum absolute atomic E-state index is 12.2. The van der Waals surface area contributed by atoms with Crippen LogP contribution in [0.1, 0.15) is 28.1 Å². The van der Waals surface area contributed by atoms with Crippen molar-refractivity contribution in [2.24, 2.45) is 0 Å². The molecule has 0 bridgehead atoms. The van der Waals surface area contributed by atoms with Crippen LogP contribution in [0.2, 0.25) is 0 Å². The number of aromatic nitrogens is 3.